The van der Waals surface area contributed by atoms with Crippen LogP contribution in [0.3, 0.4) is 0 Å². The van der Waals surface area contributed by atoms with Gasteiger partial charge in [0.15, 0.2) is 0 Å². The van der Waals surface area contributed by atoms with Crippen molar-refractivity contribution in [1.82, 2.24) is 9.62 Å². The van der Waals surface area contributed by atoms with Gasteiger partial charge in [0.25, 0.3) is 5.91 Å². The summed E-state index contributed by atoms with van der Waals surface area (Å²) in [6, 6.07) is 13.3. The highest BCUT2D eigenvalue weighted by molar-refractivity contribution is 7.89. The minimum absolute atomic E-state index is 0.194. The van der Waals surface area contributed by atoms with Gasteiger partial charge in [0.05, 0.1) is 18.0 Å². The summed E-state index contributed by atoms with van der Waals surface area (Å²) in [5.74, 6) is 0.464. The molecule has 1 N–H and O–H groups in total. The lowest BCUT2D eigenvalue weighted by Gasteiger charge is -2.25. The van der Waals surface area contributed by atoms with E-state index in [1.807, 2.05) is 24.3 Å². The summed E-state index contributed by atoms with van der Waals surface area (Å²) in [6.45, 7) is 0.474. The highest BCUT2D eigenvalue weighted by atomic mass is 32.2. The van der Waals surface area contributed by atoms with E-state index in [0.717, 1.165) is 18.4 Å². The Morgan fingerprint density at radius 1 is 1.19 bits per heavy atom. The molecule has 0 aromatic heterocycles. The van der Waals surface area contributed by atoms with Crippen LogP contribution < -0.4 is 10.1 Å². The van der Waals surface area contributed by atoms with E-state index in [1.165, 1.54) is 35.6 Å². The molecule has 1 heterocycles. The molecule has 3 rings (SSSR count). The highest BCUT2D eigenvalue weighted by Gasteiger charge is 2.36. The maximum Gasteiger partial charge on any atom is 0.251 e. The van der Waals surface area contributed by atoms with Gasteiger partial charge in [-0.05, 0) is 54.8 Å². The number of hydrogen-bond acceptors (Lipinski definition) is 4. The van der Waals surface area contributed by atoms with E-state index in [4.69, 9.17) is 4.74 Å². The topological polar surface area (TPSA) is 75.7 Å². The maximum atomic E-state index is 13.1. The van der Waals surface area contributed by atoms with Crippen molar-refractivity contribution in [2.75, 3.05) is 20.7 Å². The molecule has 0 radical (unpaired) electrons. The summed E-state index contributed by atoms with van der Waals surface area (Å²) < 4.78 is 33.0. The van der Waals surface area contributed by atoms with Crippen molar-refractivity contribution in [3.8, 4) is 5.75 Å². The Balaban J connectivity index is 1.91. The summed E-state index contributed by atoms with van der Waals surface area (Å²) in [4.78, 5) is 11.8. The minimum Gasteiger partial charge on any atom is -0.497 e. The Labute approximate surface area is 153 Å². The van der Waals surface area contributed by atoms with E-state index in [2.05, 4.69) is 5.32 Å². The third-order valence-corrected chi connectivity index (χ3v) is 6.55. The molecule has 6 nitrogen and oxygen atoms in total. The molecule has 1 saturated heterocycles. The van der Waals surface area contributed by atoms with Crippen LogP contribution in [0.15, 0.2) is 53.4 Å². The van der Waals surface area contributed by atoms with E-state index in [9.17, 15) is 13.2 Å². The Bertz CT molecular complexity index is 894. The number of amides is 1. The van der Waals surface area contributed by atoms with Crippen LogP contribution in [0, 0.1) is 0 Å². The van der Waals surface area contributed by atoms with Gasteiger partial charge in [-0.1, -0.05) is 12.1 Å². The Morgan fingerprint density at radius 3 is 2.58 bits per heavy atom. The average Bonchev–Trinajstić information content (AvgIpc) is 3.18. The van der Waals surface area contributed by atoms with Crippen molar-refractivity contribution in [2.24, 2.45) is 0 Å². The molecule has 0 spiro atoms. The van der Waals surface area contributed by atoms with Gasteiger partial charge in [-0.25, -0.2) is 8.42 Å². The number of rotatable bonds is 5. The minimum atomic E-state index is -3.64. The fourth-order valence-electron chi connectivity index (χ4n) is 3.27. The highest BCUT2D eigenvalue weighted by Crippen LogP contribution is 2.37. The molecule has 0 aliphatic carbocycles. The number of ether oxygens (including phenoxy) is 1. The van der Waals surface area contributed by atoms with Gasteiger partial charge in [-0.3, -0.25) is 4.79 Å². The van der Waals surface area contributed by atoms with Gasteiger partial charge in [0.1, 0.15) is 5.75 Å². The Kier molecular flexibility index (Phi) is 5.29. The van der Waals surface area contributed by atoms with Crippen molar-refractivity contribution < 1.29 is 17.9 Å². The number of carbonyl (C=O) groups excluding carboxylic acids is 1. The fourth-order valence-corrected chi connectivity index (χ4v) is 4.95. The number of methoxy groups -OCH3 is 1. The van der Waals surface area contributed by atoms with Crippen LogP contribution in [0.4, 0.5) is 0 Å². The SMILES string of the molecule is CNC(=O)c1ccc(S(=O)(=O)N2CCC[C@H]2c2cccc(OC)c2)cc1. The summed E-state index contributed by atoms with van der Waals surface area (Å²) >= 11 is 0. The average molecular weight is 374 g/mol. The summed E-state index contributed by atoms with van der Waals surface area (Å²) in [6.07, 6.45) is 1.57. The Morgan fingerprint density at radius 2 is 1.92 bits per heavy atom. The molecule has 138 valence electrons. The molecule has 1 aliphatic heterocycles. The number of hydrogen-bond donors (Lipinski definition) is 1. The van der Waals surface area contributed by atoms with Gasteiger partial charge in [0, 0.05) is 19.2 Å². The van der Waals surface area contributed by atoms with Crippen LogP contribution in [-0.2, 0) is 10.0 Å². The monoisotopic (exact) mass is 374 g/mol. The van der Waals surface area contributed by atoms with E-state index >= 15 is 0 Å². The molecule has 2 aromatic rings. The van der Waals surface area contributed by atoms with Gasteiger partial charge in [-0.2, -0.15) is 4.31 Å². The molecular weight excluding hydrogens is 352 g/mol. The smallest absolute Gasteiger partial charge is 0.251 e. The lowest BCUT2D eigenvalue weighted by Crippen LogP contribution is -2.30. The molecule has 26 heavy (non-hydrogen) atoms. The fraction of sp³-hybridized carbons (Fsp3) is 0.316. The molecule has 0 bridgehead atoms. The molecule has 7 heteroatoms. The first kappa shape index (κ1) is 18.4. The number of sulfonamides is 1. The summed E-state index contributed by atoms with van der Waals surface area (Å²) in [7, 11) is -0.513. The predicted octanol–water partition coefficient (Wildman–Crippen LogP) is 2.58. The molecule has 0 unspecified atom stereocenters. The van der Waals surface area contributed by atoms with Crippen molar-refractivity contribution in [1.29, 1.82) is 0 Å². The summed E-state index contributed by atoms with van der Waals surface area (Å²) in [5, 5.41) is 2.52. The third kappa shape index (κ3) is 3.45. The lowest BCUT2D eigenvalue weighted by molar-refractivity contribution is 0.0963. The van der Waals surface area contributed by atoms with E-state index < -0.39 is 10.0 Å². The number of benzene rings is 2. The van der Waals surface area contributed by atoms with Gasteiger partial charge in [0.2, 0.25) is 10.0 Å². The molecule has 1 aliphatic rings. The van der Waals surface area contributed by atoms with Gasteiger partial charge in [-0.15, -0.1) is 0 Å². The predicted molar refractivity (Wildman–Crippen MR) is 98.7 cm³/mol. The second-order valence-electron chi connectivity index (χ2n) is 6.15. The zero-order valence-electron chi connectivity index (χ0n) is 14.8. The standard InChI is InChI=1S/C19H22N2O4S/c1-20-19(22)14-8-10-17(11-9-14)26(23,24)21-12-4-7-18(21)15-5-3-6-16(13-15)25-2/h3,5-6,8-11,13,18H,4,7,12H2,1-2H3,(H,20,22)/t18-/m0/s1. The maximum absolute atomic E-state index is 13.1. The number of nitrogens with zero attached hydrogens (tertiary/aromatic N) is 1. The van der Waals surface area contributed by atoms with Crippen LogP contribution >= 0.6 is 0 Å². The van der Waals surface area contributed by atoms with Crippen molar-refractivity contribution in [3.63, 3.8) is 0 Å². The molecule has 1 atom stereocenters. The molecule has 0 saturated carbocycles. The first-order valence-corrected chi connectivity index (χ1v) is 9.89. The Hall–Kier alpha value is -2.38. The summed E-state index contributed by atoms with van der Waals surface area (Å²) in [5.41, 5.74) is 1.35. The van der Waals surface area contributed by atoms with Gasteiger partial charge < -0.3 is 10.1 Å². The lowest BCUT2D eigenvalue weighted by atomic mass is 10.1. The zero-order valence-corrected chi connectivity index (χ0v) is 15.6. The first-order chi connectivity index (χ1) is 12.5. The van der Waals surface area contributed by atoms with Crippen LogP contribution in [0.2, 0.25) is 0 Å². The molecule has 1 amide bonds. The van der Waals surface area contributed by atoms with Crippen molar-refractivity contribution in [3.05, 3.63) is 59.7 Å². The molecule has 1 fully saturated rings. The van der Waals surface area contributed by atoms with E-state index in [0.29, 0.717) is 17.9 Å². The van der Waals surface area contributed by atoms with E-state index in [1.54, 1.807) is 7.11 Å². The van der Waals surface area contributed by atoms with Crippen LogP contribution in [0.1, 0.15) is 34.8 Å². The largest absolute Gasteiger partial charge is 0.497 e. The third-order valence-electron chi connectivity index (χ3n) is 4.63. The normalized spacial score (nSPS) is 17.8. The number of carbonyl (C=O) groups is 1. The number of nitrogens with one attached hydrogen (secondary N) is 1. The van der Waals surface area contributed by atoms with Gasteiger partial charge >= 0.3 is 0 Å². The zero-order chi connectivity index (χ0) is 18.7. The van der Waals surface area contributed by atoms with Crippen LogP contribution in [0.5, 0.6) is 5.75 Å². The quantitative estimate of drug-likeness (QED) is 0.873. The van der Waals surface area contributed by atoms with Crippen LogP contribution in [-0.4, -0.2) is 39.3 Å². The second-order valence-corrected chi connectivity index (χ2v) is 8.04. The van der Waals surface area contributed by atoms with Crippen molar-refractivity contribution >= 4 is 15.9 Å². The van der Waals surface area contributed by atoms with Crippen molar-refractivity contribution in [2.45, 2.75) is 23.8 Å². The van der Waals surface area contributed by atoms with Crippen LogP contribution in [0.25, 0.3) is 0 Å². The molecular formula is C19H22N2O4S. The van der Waals surface area contributed by atoms with E-state index in [-0.39, 0.29) is 16.8 Å². The first-order valence-electron chi connectivity index (χ1n) is 8.45. The molecule has 2 aromatic carbocycles. The second kappa shape index (κ2) is 7.47.